The first kappa shape index (κ1) is 18.2. The topological polar surface area (TPSA) is 84.9 Å². The first-order valence-corrected chi connectivity index (χ1v) is 9.20. The van der Waals surface area contributed by atoms with Gasteiger partial charge in [-0.05, 0) is 12.1 Å². The van der Waals surface area contributed by atoms with Gasteiger partial charge >= 0.3 is 0 Å². The number of carbonyl (C=O) groups is 2. The van der Waals surface area contributed by atoms with Gasteiger partial charge in [-0.25, -0.2) is 0 Å². The van der Waals surface area contributed by atoms with E-state index in [1.807, 2.05) is 0 Å². The van der Waals surface area contributed by atoms with Gasteiger partial charge in [0.05, 0.1) is 43.8 Å². The summed E-state index contributed by atoms with van der Waals surface area (Å²) in [6.07, 6.45) is 4.19. The highest BCUT2D eigenvalue weighted by atomic mass is 16.5. The summed E-state index contributed by atoms with van der Waals surface area (Å²) in [6.45, 7) is 1.38. The van der Waals surface area contributed by atoms with E-state index in [0.717, 1.165) is 11.4 Å². The molecule has 0 bridgehead atoms. The van der Waals surface area contributed by atoms with Crippen LogP contribution in [0.3, 0.4) is 0 Å². The van der Waals surface area contributed by atoms with E-state index in [0.29, 0.717) is 43.2 Å². The monoisotopic (exact) mass is 382 g/mol. The maximum Gasteiger partial charge on any atom is 0.228 e. The summed E-state index contributed by atoms with van der Waals surface area (Å²) < 4.78 is 10.6. The Bertz CT molecular complexity index is 917. The number of ether oxygens (including phenoxy) is 2. The quantitative estimate of drug-likeness (QED) is 0.795. The molecule has 8 heteroatoms. The molecule has 2 aromatic rings. The minimum absolute atomic E-state index is 0.0142. The van der Waals surface area contributed by atoms with Crippen molar-refractivity contribution in [2.24, 2.45) is 5.92 Å². The second kappa shape index (κ2) is 7.46. The van der Waals surface area contributed by atoms with Gasteiger partial charge < -0.3 is 19.3 Å². The van der Waals surface area contributed by atoms with Gasteiger partial charge in [0.15, 0.2) is 0 Å². The van der Waals surface area contributed by atoms with E-state index in [-0.39, 0.29) is 24.2 Å². The number of amides is 2. The van der Waals surface area contributed by atoms with Crippen molar-refractivity contribution in [1.82, 2.24) is 14.9 Å². The van der Waals surface area contributed by atoms with Crippen LogP contribution >= 0.6 is 0 Å². The van der Waals surface area contributed by atoms with Gasteiger partial charge in [0.1, 0.15) is 11.5 Å². The molecule has 8 nitrogen and oxygen atoms in total. The van der Waals surface area contributed by atoms with Crippen LogP contribution in [-0.2, 0) is 22.6 Å². The Morgan fingerprint density at radius 2 is 1.93 bits per heavy atom. The fraction of sp³-hybridized carbons (Fsp3) is 0.400. The van der Waals surface area contributed by atoms with Gasteiger partial charge in [-0.1, -0.05) is 0 Å². The Labute approximate surface area is 163 Å². The molecule has 0 saturated carbocycles. The number of anilines is 1. The molecule has 2 amide bonds. The molecule has 1 aromatic heterocycles. The molecule has 1 saturated heterocycles. The van der Waals surface area contributed by atoms with E-state index in [4.69, 9.17) is 9.47 Å². The third-order valence-electron chi connectivity index (χ3n) is 5.28. The molecule has 1 aromatic carbocycles. The number of carbonyl (C=O) groups excluding carboxylic acids is 2. The minimum Gasteiger partial charge on any atom is -0.497 e. The van der Waals surface area contributed by atoms with Crippen LogP contribution in [0, 0.1) is 5.92 Å². The highest BCUT2D eigenvalue weighted by Gasteiger charge is 2.39. The van der Waals surface area contributed by atoms with E-state index < -0.39 is 0 Å². The standard InChI is InChI=1S/C20H22N4O4/c1-27-14-3-4-17(18(10-14)28-2)24-11-13(9-19(24)25)20(26)23-8-5-15-16(12-23)22-7-6-21-15/h3-4,6-7,10,13H,5,8-9,11-12H2,1-2H3. The summed E-state index contributed by atoms with van der Waals surface area (Å²) in [4.78, 5) is 37.7. The lowest BCUT2D eigenvalue weighted by Gasteiger charge is -2.29. The average Bonchev–Trinajstić information content (AvgIpc) is 3.13. The summed E-state index contributed by atoms with van der Waals surface area (Å²) in [5.74, 6) is 0.715. The number of fused-ring (bicyclic) bond motifs is 1. The van der Waals surface area contributed by atoms with E-state index in [2.05, 4.69) is 9.97 Å². The highest BCUT2D eigenvalue weighted by Crippen LogP contribution is 2.36. The summed E-state index contributed by atoms with van der Waals surface area (Å²) >= 11 is 0. The number of rotatable bonds is 4. The van der Waals surface area contributed by atoms with Crippen LogP contribution in [0.4, 0.5) is 5.69 Å². The predicted molar refractivity (Wildman–Crippen MR) is 101 cm³/mol. The largest absolute Gasteiger partial charge is 0.497 e. The maximum absolute atomic E-state index is 13.0. The molecule has 2 aliphatic rings. The SMILES string of the molecule is COc1ccc(N2CC(C(=O)N3CCc4nccnc4C3)CC2=O)c(OC)c1. The minimum atomic E-state index is -0.377. The van der Waals surface area contributed by atoms with Crippen LogP contribution in [0.25, 0.3) is 0 Å². The van der Waals surface area contributed by atoms with Crippen molar-refractivity contribution in [3.63, 3.8) is 0 Å². The average molecular weight is 382 g/mol. The van der Waals surface area contributed by atoms with Crippen LogP contribution in [0.15, 0.2) is 30.6 Å². The molecule has 0 aliphatic carbocycles. The van der Waals surface area contributed by atoms with Crippen molar-refractivity contribution in [1.29, 1.82) is 0 Å². The number of hydrogen-bond donors (Lipinski definition) is 0. The molecule has 1 fully saturated rings. The van der Waals surface area contributed by atoms with E-state index in [9.17, 15) is 9.59 Å². The summed E-state index contributed by atoms with van der Waals surface area (Å²) in [5, 5.41) is 0. The molecule has 0 spiro atoms. The van der Waals surface area contributed by atoms with Gasteiger partial charge in [-0.2, -0.15) is 0 Å². The van der Waals surface area contributed by atoms with Crippen molar-refractivity contribution in [3.05, 3.63) is 42.0 Å². The number of hydrogen-bond acceptors (Lipinski definition) is 6. The van der Waals surface area contributed by atoms with Crippen molar-refractivity contribution >= 4 is 17.5 Å². The molecule has 0 N–H and O–H groups in total. The Balaban J connectivity index is 1.50. The van der Waals surface area contributed by atoms with Crippen molar-refractivity contribution in [2.45, 2.75) is 19.4 Å². The zero-order chi connectivity index (χ0) is 19.7. The molecule has 0 radical (unpaired) electrons. The van der Waals surface area contributed by atoms with Crippen molar-refractivity contribution in [2.75, 3.05) is 32.2 Å². The summed E-state index contributed by atoms with van der Waals surface area (Å²) in [6, 6.07) is 5.30. The molecular formula is C20H22N4O4. The van der Waals surface area contributed by atoms with Crippen molar-refractivity contribution in [3.8, 4) is 11.5 Å². The zero-order valence-corrected chi connectivity index (χ0v) is 15.9. The van der Waals surface area contributed by atoms with Crippen LogP contribution in [0.5, 0.6) is 11.5 Å². The number of aromatic nitrogens is 2. The van der Waals surface area contributed by atoms with Crippen LogP contribution in [0.2, 0.25) is 0 Å². The lowest BCUT2D eigenvalue weighted by atomic mass is 10.0. The van der Waals surface area contributed by atoms with Gasteiger partial charge in [0, 0.05) is 44.4 Å². The van der Waals surface area contributed by atoms with Gasteiger partial charge in [0.25, 0.3) is 0 Å². The fourth-order valence-corrected chi connectivity index (χ4v) is 3.80. The van der Waals surface area contributed by atoms with Gasteiger partial charge in [-0.3, -0.25) is 19.6 Å². The molecule has 146 valence electrons. The maximum atomic E-state index is 13.0. The highest BCUT2D eigenvalue weighted by molar-refractivity contribution is 6.01. The molecule has 4 rings (SSSR count). The first-order chi connectivity index (χ1) is 13.6. The normalized spacial score (nSPS) is 18.8. The van der Waals surface area contributed by atoms with Crippen LogP contribution < -0.4 is 14.4 Å². The number of benzene rings is 1. The summed E-state index contributed by atoms with van der Waals surface area (Å²) in [5.41, 5.74) is 2.43. The number of methoxy groups -OCH3 is 2. The third kappa shape index (κ3) is 3.26. The van der Waals surface area contributed by atoms with Gasteiger partial charge in [0.2, 0.25) is 11.8 Å². The summed E-state index contributed by atoms with van der Waals surface area (Å²) in [7, 11) is 3.12. The van der Waals surface area contributed by atoms with E-state index in [1.165, 1.54) is 0 Å². The Hall–Kier alpha value is -3.16. The Morgan fingerprint density at radius 1 is 1.14 bits per heavy atom. The number of nitrogens with zero attached hydrogens (tertiary/aromatic N) is 4. The molecule has 1 unspecified atom stereocenters. The molecule has 2 aliphatic heterocycles. The first-order valence-electron chi connectivity index (χ1n) is 9.20. The van der Waals surface area contributed by atoms with Crippen LogP contribution in [-0.4, -0.2) is 54.0 Å². The molecule has 3 heterocycles. The van der Waals surface area contributed by atoms with Crippen molar-refractivity contribution < 1.29 is 19.1 Å². The van der Waals surface area contributed by atoms with E-state index in [1.54, 1.807) is 54.6 Å². The second-order valence-corrected chi connectivity index (χ2v) is 6.90. The van der Waals surface area contributed by atoms with E-state index >= 15 is 0 Å². The second-order valence-electron chi connectivity index (χ2n) is 6.90. The Kier molecular flexibility index (Phi) is 4.85. The molecule has 1 atom stereocenters. The predicted octanol–water partition coefficient (Wildman–Crippen LogP) is 1.43. The Morgan fingerprint density at radius 3 is 2.68 bits per heavy atom. The lowest BCUT2D eigenvalue weighted by molar-refractivity contribution is -0.136. The van der Waals surface area contributed by atoms with Crippen LogP contribution in [0.1, 0.15) is 17.8 Å². The lowest BCUT2D eigenvalue weighted by Crippen LogP contribution is -2.41. The van der Waals surface area contributed by atoms with Gasteiger partial charge in [-0.15, -0.1) is 0 Å². The zero-order valence-electron chi connectivity index (χ0n) is 15.9. The molecular weight excluding hydrogens is 360 g/mol. The third-order valence-corrected chi connectivity index (χ3v) is 5.28. The smallest absolute Gasteiger partial charge is 0.228 e. The molecule has 28 heavy (non-hydrogen) atoms. The fourth-order valence-electron chi connectivity index (χ4n) is 3.80.